The standard InChI is InChI=1S/C14H19N3O3/c1-20-13(18)7-12(10-3-2-5-15-8-10)17-14(19)11-4-6-16-9-11/h2-3,5,8,11-12,16H,4,6-7,9H2,1H3,(H,17,19)/t11-,12?/m1/s1. The topological polar surface area (TPSA) is 80.3 Å². The monoisotopic (exact) mass is 277 g/mol. The van der Waals surface area contributed by atoms with E-state index in [1.807, 2.05) is 6.07 Å². The molecule has 0 spiro atoms. The fourth-order valence-electron chi connectivity index (χ4n) is 2.25. The maximum atomic E-state index is 12.2. The molecular weight excluding hydrogens is 258 g/mol. The third kappa shape index (κ3) is 3.77. The number of hydrogen-bond acceptors (Lipinski definition) is 5. The van der Waals surface area contributed by atoms with Gasteiger partial charge in [-0.2, -0.15) is 0 Å². The molecule has 1 aliphatic heterocycles. The van der Waals surface area contributed by atoms with Crippen LogP contribution < -0.4 is 10.6 Å². The van der Waals surface area contributed by atoms with E-state index in [4.69, 9.17) is 0 Å². The van der Waals surface area contributed by atoms with E-state index in [9.17, 15) is 9.59 Å². The number of nitrogens with zero attached hydrogens (tertiary/aromatic N) is 1. The second-order valence-electron chi connectivity index (χ2n) is 4.82. The van der Waals surface area contributed by atoms with Gasteiger partial charge in [0.1, 0.15) is 0 Å². The van der Waals surface area contributed by atoms with Crippen LogP contribution in [-0.4, -0.2) is 37.1 Å². The molecule has 20 heavy (non-hydrogen) atoms. The molecule has 2 N–H and O–H groups in total. The van der Waals surface area contributed by atoms with Gasteiger partial charge in [0.25, 0.3) is 0 Å². The first kappa shape index (κ1) is 14.5. The molecular formula is C14H19N3O3. The summed E-state index contributed by atoms with van der Waals surface area (Å²) in [5.74, 6) is -0.428. The minimum atomic E-state index is -0.399. The number of hydrogen-bond donors (Lipinski definition) is 2. The highest BCUT2D eigenvalue weighted by Crippen LogP contribution is 2.18. The maximum absolute atomic E-state index is 12.2. The predicted molar refractivity (Wildman–Crippen MR) is 72.7 cm³/mol. The van der Waals surface area contributed by atoms with E-state index in [1.165, 1.54) is 7.11 Å². The molecule has 6 nitrogen and oxygen atoms in total. The summed E-state index contributed by atoms with van der Waals surface area (Å²) in [5, 5.41) is 6.07. The number of ether oxygens (including phenoxy) is 1. The highest BCUT2D eigenvalue weighted by atomic mass is 16.5. The van der Waals surface area contributed by atoms with Crippen LogP contribution in [0.3, 0.4) is 0 Å². The molecule has 1 saturated heterocycles. The molecule has 1 amide bonds. The molecule has 1 aromatic rings. The number of rotatable bonds is 5. The third-order valence-electron chi connectivity index (χ3n) is 3.43. The lowest BCUT2D eigenvalue weighted by atomic mass is 10.0. The molecule has 108 valence electrons. The van der Waals surface area contributed by atoms with Crippen LogP contribution >= 0.6 is 0 Å². The minimum Gasteiger partial charge on any atom is -0.469 e. The average Bonchev–Trinajstić information content (AvgIpc) is 3.01. The van der Waals surface area contributed by atoms with Gasteiger partial charge in [-0.25, -0.2) is 0 Å². The number of aromatic nitrogens is 1. The Balaban J connectivity index is 2.06. The van der Waals surface area contributed by atoms with Gasteiger partial charge in [-0.1, -0.05) is 6.07 Å². The average molecular weight is 277 g/mol. The molecule has 1 aromatic heterocycles. The highest BCUT2D eigenvalue weighted by Gasteiger charge is 2.26. The van der Waals surface area contributed by atoms with Gasteiger partial charge in [0.05, 0.1) is 25.5 Å². The summed E-state index contributed by atoms with van der Waals surface area (Å²) in [5.41, 5.74) is 0.803. The first-order valence-corrected chi connectivity index (χ1v) is 6.68. The summed E-state index contributed by atoms with van der Waals surface area (Å²) in [6.07, 6.45) is 4.24. The van der Waals surface area contributed by atoms with E-state index in [-0.39, 0.29) is 24.2 Å². The molecule has 0 aromatic carbocycles. The van der Waals surface area contributed by atoms with Crippen LogP contribution in [0.1, 0.15) is 24.4 Å². The van der Waals surface area contributed by atoms with Crippen molar-refractivity contribution in [2.75, 3.05) is 20.2 Å². The van der Waals surface area contributed by atoms with E-state index in [0.717, 1.165) is 18.5 Å². The van der Waals surface area contributed by atoms with Crippen LogP contribution in [0.25, 0.3) is 0 Å². The summed E-state index contributed by atoms with van der Waals surface area (Å²) in [6, 6.07) is 3.22. The van der Waals surface area contributed by atoms with E-state index in [0.29, 0.717) is 6.54 Å². The zero-order valence-electron chi connectivity index (χ0n) is 11.5. The van der Waals surface area contributed by atoms with Crippen molar-refractivity contribution < 1.29 is 14.3 Å². The van der Waals surface area contributed by atoms with Crippen LogP contribution in [0.4, 0.5) is 0 Å². The van der Waals surface area contributed by atoms with Crippen LogP contribution in [0.5, 0.6) is 0 Å². The Hall–Kier alpha value is -1.95. The normalized spacial score (nSPS) is 19.4. The van der Waals surface area contributed by atoms with Crippen molar-refractivity contribution >= 4 is 11.9 Å². The molecule has 2 rings (SSSR count). The van der Waals surface area contributed by atoms with Crippen molar-refractivity contribution in [2.45, 2.75) is 18.9 Å². The number of carbonyl (C=O) groups is 2. The van der Waals surface area contributed by atoms with Gasteiger partial charge in [-0.05, 0) is 24.6 Å². The number of pyridine rings is 1. The second kappa shape index (κ2) is 7.00. The molecule has 1 fully saturated rings. The summed E-state index contributed by atoms with van der Waals surface area (Å²) in [7, 11) is 1.34. The number of methoxy groups -OCH3 is 1. The number of carbonyl (C=O) groups excluding carboxylic acids is 2. The van der Waals surface area contributed by atoms with Crippen molar-refractivity contribution in [3.63, 3.8) is 0 Å². The van der Waals surface area contributed by atoms with E-state index < -0.39 is 6.04 Å². The summed E-state index contributed by atoms with van der Waals surface area (Å²) in [6.45, 7) is 1.54. The zero-order chi connectivity index (χ0) is 14.4. The first-order valence-electron chi connectivity index (χ1n) is 6.68. The smallest absolute Gasteiger partial charge is 0.307 e. The summed E-state index contributed by atoms with van der Waals surface area (Å²) in [4.78, 5) is 27.7. The highest BCUT2D eigenvalue weighted by molar-refractivity contribution is 5.80. The summed E-state index contributed by atoms with van der Waals surface area (Å²) < 4.78 is 4.69. The quantitative estimate of drug-likeness (QED) is 0.762. The fourth-order valence-corrected chi connectivity index (χ4v) is 2.25. The summed E-state index contributed by atoms with van der Waals surface area (Å²) >= 11 is 0. The van der Waals surface area contributed by atoms with Gasteiger partial charge in [0.2, 0.25) is 5.91 Å². The van der Waals surface area contributed by atoms with Gasteiger partial charge in [-0.15, -0.1) is 0 Å². The van der Waals surface area contributed by atoms with E-state index in [1.54, 1.807) is 18.5 Å². The number of esters is 1. The Morgan fingerprint density at radius 2 is 2.45 bits per heavy atom. The molecule has 0 aliphatic carbocycles. The van der Waals surface area contributed by atoms with E-state index in [2.05, 4.69) is 20.4 Å². The Morgan fingerprint density at radius 1 is 1.60 bits per heavy atom. The second-order valence-corrected chi connectivity index (χ2v) is 4.82. The van der Waals surface area contributed by atoms with Gasteiger partial charge < -0.3 is 15.4 Å². The SMILES string of the molecule is COC(=O)CC(NC(=O)[C@@H]1CCNC1)c1cccnc1. The van der Waals surface area contributed by atoms with Crippen LogP contribution in [0.15, 0.2) is 24.5 Å². The minimum absolute atomic E-state index is 0.0345. The lowest BCUT2D eigenvalue weighted by Gasteiger charge is -2.19. The Kier molecular flexibility index (Phi) is 5.06. The van der Waals surface area contributed by atoms with Gasteiger partial charge in [-0.3, -0.25) is 14.6 Å². The van der Waals surface area contributed by atoms with Gasteiger partial charge in [0, 0.05) is 18.9 Å². The third-order valence-corrected chi connectivity index (χ3v) is 3.43. The molecule has 0 saturated carbocycles. The maximum Gasteiger partial charge on any atom is 0.307 e. The zero-order valence-corrected chi connectivity index (χ0v) is 11.5. The van der Waals surface area contributed by atoms with Crippen molar-refractivity contribution in [3.05, 3.63) is 30.1 Å². The fraction of sp³-hybridized carbons (Fsp3) is 0.500. The van der Waals surface area contributed by atoms with Crippen molar-refractivity contribution in [3.8, 4) is 0 Å². The first-order chi connectivity index (χ1) is 9.70. The molecule has 2 heterocycles. The van der Waals surface area contributed by atoms with Crippen molar-refractivity contribution in [1.82, 2.24) is 15.6 Å². The van der Waals surface area contributed by atoms with E-state index >= 15 is 0 Å². The largest absolute Gasteiger partial charge is 0.469 e. The molecule has 1 aliphatic rings. The predicted octanol–water partition coefficient (Wildman–Crippen LogP) is 0.412. The number of amides is 1. The Bertz CT molecular complexity index is 458. The van der Waals surface area contributed by atoms with Crippen molar-refractivity contribution in [1.29, 1.82) is 0 Å². The Labute approximate surface area is 117 Å². The molecule has 2 atom stereocenters. The lowest BCUT2D eigenvalue weighted by molar-refractivity contribution is -0.141. The Morgan fingerprint density at radius 3 is 3.05 bits per heavy atom. The molecule has 0 bridgehead atoms. The van der Waals surface area contributed by atoms with Crippen LogP contribution in [0.2, 0.25) is 0 Å². The van der Waals surface area contributed by atoms with Gasteiger partial charge >= 0.3 is 5.97 Å². The molecule has 0 radical (unpaired) electrons. The molecule has 1 unspecified atom stereocenters. The lowest BCUT2D eigenvalue weighted by Crippen LogP contribution is -2.36. The number of nitrogens with one attached hydrogen (secondary N) is 2. The van der Waals surface area contributed by atoms with Crippen LogP contribution in [-0.2, 0) is 14.3 Å². The van der Waals surface area contributed by atoms with Crippen LogP contribution in [0, 0.1) is 5.92 Å². The van der Waals surface area contributed by atoms with Crippen molar-refractivity contribution in [2.24, 2.45) is 5.92 Å². The molecule has 6 heteroatoms. The van der Waals surface area contributed by atoms with Gasteiger partial charge in [0.15, 0.2) is 0 Å².